The number of sulfonamides is 1. The molecule has 0 unspecified atom stereocenters. The van der Waals surface area contributed by atoms with Gasteiger partial charge in [-0.05, 0) is 88.9 Å². The van der Waals surface area contributed by atoms with Crippen LogP contribution < -0.4 is 19.9 Å². The van der Waals surface area contributed by atoms with E-state index in [1.807, 2.05) is 19.1 Å². The number of benzene rings is 3. The molecule has 3 rings (SSSR count). The Hall–Kier alpha value is -2.17. The van der Waals surface area contributed by atoms with Gasteiger partial charge in [0.25, 0.3) is 0 Å². The van der Waals surface area contributed by atoms with Crippen LogP contribution in [-0.2, 0) is 29.6 Å². The van der Waals surface area contributed by atoms with Crippen LogP contribution >= 0.6 is 28.3 Å². The maximum absolute atomic E-state index is 13.1. The highest BCUT2D eigenvalue weighted by Gasteiger charge is 2.13. The Morgan fingerprint density at radius 1 is 0.971 bits per heavy atom. The molecule has 0 aromatic heterocycles. The summed E-state index contributed by atoms with van der Waals surface area (Å²) in [6.07, 6.45) is 0.739. The summed E-state index contributed by atoms with van der Waals surface area (Å²) in [6.45, 7) is 4.01. The Bertz CT molecular complexity index is 1180. The highest BCUT2D eigenvalue weighted by Crippen LogP contribution is 2.37. The molecule has 0 saturated heterocycles. The van der Waals surface area contributed by atoms with Crippen molar-refractivity contribution in [3.63, 3.8) is 0 Å². The van der Waals surface area contributed by atoms with Crippen molar-refractivity contribution in [2.45, 2.75) is 31.4 Å². The Labute approximate surface area is 214 Å². The van der Waals surface area contributed by atoms with E-state index in [0.717, 1.165) is 27.6 Å². The average Bonchev–Trinajstić information content (AvgIpc) is 2.77. The first-order chi connectivity index (χ1) is 15.8. The number of rotatable bonds is 11. The quantitative estimate of drug-likeness (QED) is 0.316. The van der Waals surface area contributed by atoms with E-state index in [0.29, 0.717) is 37.8 Å². The van der Waals surface area contributed by atoms with Crippen molar-refractivity contribution in [1.29, 1.82) is 0 Å². The van der Waals surface area contributed by atoms with E-state index in [4.69, 9.17) is 14.6 Å². The Balaban J connectivity index is 0.00000408. The number of nitrogens with one attached hydrogen (secondary N) is 1. The second kappa shape index (κ2) is 13.1. The lowest BCUT2D eigenvalue weighted by Gasteiger charge is -2.16. The van der Waals surface area contributed by atoms with Crippen molar-refractivity contribution in [2.24, 2.45) is 5.14 Å². The standard InChI is InChI=1S/C24H26BrFN2O4S.ClH/c1-2-31-23-14-19(13-22(25)24(23)32-16-18-3-7-20(26)8-4-18)15-28-12-11-17-5-9-21(10-6-17)33(27,29)30;/h3-10,13-14,28H,2,11-12,15-16H2,1H3,(H2,27,29,30);1H. The summed E-state index contributed by atoms with van der Waals surface area (Å²) in [5.41, 5.74) is 2.88. The van der Waals surface area contributed by atoms with Gasteiger partial charge in [0.1, 0.15) is 12.4 Å². The zero-order valence-electron chi connectivity index (χ0n) is 18.6. The molecule has 0 bridgehead atoms. The van der Waals surface area contributed by atoms with E-state index in [1.54, 1.807) is 24.3 Å². The predicted octanol–water partition coefficient (Wildman–Crippen LogP) is 4.97. The van der Waals surface area contributed by atoms with E-state index < -0.39 is 10.0 Å². The Morgan fingerprint density at radius 2 is 1.62 bits per heavy atom. The molecule has 6 nitrogen and oxygen atoms in total. The van der Waals surface area contributed by atoms with Crippen molar-refractivity contribution in [3.05, 3.63) is 87.6 Å². The summed E-state index contributed by atoms with van der Waals surface area (Å²) < 4.78 is 48.3. The number of hydrogen-bond donors (Lipinski definition) is 2. The molecule has 10 heteroatoms. The average molecular weight is 574 g/mol. The van der Waals surface area contributed by atoms with E-state index in [2.05, 4.69) is 21.2 Å². The maximum Gasteiger partial charge on any atom is 0.238 e. The van der Waals surface area contributed by atoms with Crippen LogP contribution in [0.15, 0.2) is 70.0 Å². The van der Waals surface area contributed by atoms with Crippen LogP contribution in [0, 0.1) is 5.82 Å². The van der Waals surface area contributed by atoms with Crippen molar-refractivity contribution >= 4 is 38.4 Å². The molecule has 3 aromatic rings. The molecule has 0 spiro atoms. The first-order valence-electron chi connectivity index (χ1n) is 10.4. The predicted molar refractivity (Wildman–Crippen MR) is 137 cm³/mol. The van der Waals surface area contributed by atoms with Gasteiger partial charge in [-0.2, -0.15) is 0 Å². The third kappa shape index (κ3) is 8.25. The topological polar surface area (TPSA) is 90.6 Å². The monoisotopic (exact) mass is 572 g/mol. The van der Waals surface area contributed by atoms with Gasteiger partial charge in [0, 0.05) is 6.54 Å². The van der Waals surface area contributed by atoms with Crippen molar-refractivity contribution in [1.82, 2.24) is 5.32 Å². The Kier molecular flexibility index (Phi) is 10.8. The smallest absolute Gasteiger partial charge is 0.238 e. The fourth-order valence-electron chi connectivity index (χ4n) is 3.17. The van der Waals surface area contributed by atoms with Gasteiger partial charge in [-0.3, -0.25) is 0 Å². The molecule has 0 heterocycles. The summed E-state index contributed by atoms with van der Waals surface area (Å²) in [7, 11) is -3.68. The summed E-state index contributed by atoms with van der Waals surface area (Å²) in [5.74, 6) is 0.941. The fraction of sp³-hybridized carbons (Fsp3) is 0.250. The molecule has 3 aromatic carbocycles. The van der Waals surface area contributed by atoms with Gasteiger partial charge in [0.05, 0.1) is 16.0 Å². The van der Waals surface area contributed by atoms with E-state index in [-0.39, 0.29) is 23.1 Å². The first kappa shape index (κ1) is 28.1. The molecular weight excluding hydrogens is 547 g/mol. The lowest BCUT2D eigenvalue weighted by atomic mass is 10.1. The van der Waals surface area contributed by atoms with E-state index in [9.17, 15) is 12.8 Å². The summed E-state index contributed by atoms with van der Waals surface area (Å²) in [6, 6.07) is 16.6. The van der Waals surface area contributed by atoms with Crippen LogP contribution in [-0.4, -0.2) is 21.6 Å². The van der Waals surface area contributed by atoms with Gasteiger partial charge in [-0.1, -0.05) is 24.3 Å². The third-order valence-corrected chi connectivity index (χ3v) is 6.36. The van der Waals surface area contributed by atoms with E-state index >= 15 is 0 Å². The highest BCUT2D eigenvalue weighted by atomic mass is 79.9. The number of halogens is 3. The van der Waals surface area contributed by atoms with Gasteiger partial charge in [0.15, 0.2) is 11.5 Å². The van der Waals surface area contributed by atoms with Gasteiger partial charge in [-0.15, -0.1) is 12.4 Å². The number of hydrogen-bond acceptors (Lipinski definition) is 5. The Morgan fingerprint density at radius 3 is 2.24 bits per heavy atom. The number of nitrogens with two attached hydrogens (primary N) is 1. The zero-order valence-corrected chi connectivity index (χ0v) is 21.8. The summed E-state index contributed by atoms with van der Waals surface area (Å²) in [5, 5.41) is 8.51. The maximum atomic E-state index is 13.1. The van der Waals surface area contributed by atoms with Gasteiger partial charge in [-0.25, -0.2) is 17.9 Å². The third-order valence-electron chi connectivity index (χ3n) is 4.84. The minimum absolute atomic E-state index is 0. The minimum atomic E-state index is -3.68. The van der Waals surface area contributed by atoms with Crippen LogP contribution in [0.1, 0.15) is 23.6 Å². The molecule has 184 valence electrons. The SMILES string of the molecule is CCOc1cc(CNCCc2ccc(S(N)(=O)=O)cc2)cc(Br)c1OCc1ccc(F)cc1.Cl. The second-order valence-electron chi connectivity index (χ2n) is 7.37. The minimum Gasteiger partial charge on any atom is -0.490 e. The molecule has 0 atom stereocenters. The molecular formula is C24H27BrClFN2O4S. The molecule has 0 radical (unpaired) electrons. The zero-order chi connectivity index (χ0) is 23.8. The van der Waals surface area contributed by atoms with Crippen molar-refractivity contribution in [2.75, 3.05) is 13.2 Å². The normalized spacial score (nSPS) is 11.1. The summed E-state index contributed by atoms with van der Waals surface area (Å²) >= 11 is 3.57. The van der Waals surface area contributed by atoms with Crippen LogP contribution in [0.2, 0.25) is 0 Å². The molecule has 0 aliphatic heterocycles. The first-order valence-corrected chi connectivity index (χ1v) is 12.7. The lowest BCUT2D eigenvalue weighted by Crippen LogP contribution is -2.17. The summed E-state index contributed by atoms with van der Waals surface area (Å²) in [4.78, 5) is 0.106. The number of ether oxygens (including phenoxy) is 2. The van der Waals surface area contributed by atoms with Gasteiger partial charge < -0.3 is 14.8 Å². The van der Waals surface area contributed by atoms with Crippen LogP contribution in [0.25, 0.3) is 0 Å². The van der Waals surface area contributed by atoms with Gasteiger partial charge >= 0.3 is 0 Å². The number of primary sulfonamides is 1. The fourth-order valence-corrected chi connectivity index (χ4v) is 4.29. The highest BCUT2D eigenvalue weighted by molar-refractivity contribution is 9.10. The molecule has 3 N–H and O–H groups in total. The van der Waals surface area contributed by atoms with Gasteiger partial charge in [0.2, 0.25) is 10.0 Å². The molecule has 0 saturated carbocycles. The van der Waals surface area contributed by atoms with Crippen molar-refractivity contribution < 1.29 is 22.3 Å². The van der Waals surface area contributed by atoms with Crippen molar-refractivity contribution in [3.8, 4) is 11.5 Å². The van der Waals surface area contributed by atoms with Crippen LogP contribution in [0.4, 0.5) is 4.39 Å². The second-order valence-corrected chi connectivity index (χ2v) is 9.78. The van der Waals surface area contributed by atoms with E-state index in [1.165, 1.54) is 24.3 Å². The molecule has 0 amide bonds. The van der Waals surface area contributed by atoms with Crippen LogP contribution in [0.3, 0.4) is 0 Å². The van der Waals surface area contributed by atoms with Crippen LogP contribution in [0.5, 0.6) is 11.5 Å². The molecule has 0 aliphatic rings. The largest absolute Gasteiger partial charge is 0.490 e. The molecule has 0 aliphatic carbocycles. The molecule has 0 fully saturated rings. The molecule has 34 heavy (non-hydrogen) atoms. The lowest BCUT2D eigenvalue weighted by molar-refractivity contribution is 0.267.